The van der Waals surface area contributed by atoms with Crippen LogP contribution in [0.1, 0.15) is 5.56 Å². The Morgan fingerprint density at radius 2 is 1.80 bits per heavy atom. The maximum absolute atomic E-state index is 12.3. The molecule has 0 saturated carbocycles. The number of aliphatic hydroxyl groups excluding tert-OH is 1. The zero-order chi connectivity index (χ0) is 14.8. The Kier molecular flexibility index (Phi) is 3.81. The van der Waals surface area contributed by atoms with Gasteiger partial charge in [0.15, 0.2) is 6.10 Å². The molecule has 0 aromatic heterocycles. The number of aliphatic hydroxyl groups is 1. The standard InChI is InChI=1S/C14H11F3N2O/c15-14(16,17)13(20)8-19-12-6-5-9(7-18)10-3-1-2-4-11(10)12/h1-6,13,19-20H,8H2. The van der Waals surface area contributed by atoms with Crippen LogP contribution in [0, 0.1) is 11.3 Å². The fourth-order valence-corrected chi connectivity index (χ4v) is 1.87. The lowest BCUT2D eigenvalue weighted by Crippen LogP contribution is -2.35. The Morgan fingerprint density at radius 3 is 2.40 bits per heavy atom. The van der Waals surface area contributed by atoms with Crippen LogP contribution >= 0.6 is 0 Å². The minimum absolute atomic E-state index is 0.447. The first kappa shape index (κ1) is 14.2. The van der Waals surface area contributed by atoms with Gasteiger partial charge in [0.25, 0.3) is 0 Å². The third-order valence-electron chi connectivity index (χ3n) is 2.91. The van der Waals surface area contributed by atoms with Gasteiger partial charge >= 0.3 is 6.18 Å². The highest BCUT2D eigenvalue weighted by atomic mass is 19.4. The molecule has 0 aliphatic heterocycles. The van der Waals surface area contributed by atoms with Gasteiger partial charge in [-0.05, 0) is 12.1 Å². The average molecular weight is 280 g/mol. The van der Waals surface area contributed by atoms with Gasteiger partial charge < -0.3 is 10.4 Å². The Labute approximate surface area is 113 Å². The van der Waals surface area contributed by atoms with Crippen LogP contribution in [0.25, 0.3) is 10.8 Å². The molecule has 3 nitrogen and oxygen atoms in total. The average Bonchev–Trinajstić information content (AvgIpc) is 2.43. The lowest BCUT2D eigenvalue weighted by Gasteiger charge is -2.17. The molecule has 0 aliphatic carbocycles. The summed E-state index contributed by atoms with van der Waals surface area (Å²) in [5.41, 5.74) is 0.894. The molecular formula is C14H11F3N2O. The van der Waals surface area contributed by atoms with E-state index in [0.29, 0.717) is 22.0 Å². The number of hydrogen-bond acceptors (Lipinski definition) is 3. The number of rotatable bonds is 3. The summed E-state index contributed by atoms with van der Waals surface area (Å²) in [6.45, 7) is -0.639. The Bertz CT molecular complexity index is 661. The summed E-state index contributed by atoms with van der Waals surface area (Å²) in [6, 6.07) is 12.0. The smallest absolute Gasteiger partial charge is 0.382 e. The van der Waals surface area contributed by atoms with E-state index < -0.39 is 18.8 Å². The molecule has 2 aromatic rings. The number of anilines is 1. The Hall–Kier alpha value is -2.26. The molecule has 0 fully saturated rings. The molecule has 0 spiro atoms. The van der Waals surface area contributed by atoms with Crippen molar-refractivity contribution >= 4 is 16.5 Å². The number of nitrogens with zero attached hydrogens (tertiary/aromatic N) is 1. The predicted octanol–water partition coefficient (Wildman–Crippen LogP) is 3.05. The molecule has 2 rings (SSSR count). The molecule has 104 valence electrons. The summed E-state index contributed by atoms with van der Waals surface area (Å²) < 4.78 is 36.8. The van der Waals surface area contributed by atoms with Gasteiger partial charge in [-0.25, -0.2) is 0 Å². The number of hydrogen-bond donors (Lipinski definition) is 2. The third-order valence-corrected chi connectivity index (χ3v) is 2.91. The molecule has 2 N–H and O–H groups in total. The van der Waals surface area contributed by atoms with Crippen molar-refractivity contribution in [1.29, 1.82) is 5.26 Å². The molecular weight excluding hydrogens is 269 g/mol. The lowest BCUT2D eigenvalue weighted by atomic mass is 10.0. The van der Waals surface area contributed by atoms with Gasteiger partial charge in [0.2, 0.25) is 0 Å². The van der Waals surface area contributed by atoms with Crippen LogP contribution in [0.15, 0.2) is 36.4 Å². The van der Waals surface area contributed by atoms with Gasteiger partial charge in [0, 0.05) is 23.0 Å². The molecule has 0 amide bonds. The van der Waals surface area contributed by atoms with Crippen molar-refractivity contribution in [3.63, 3.8) is 0 Å². The molecule has 6 heteroatoms. The second-order valence-corrected chi connectivity index (χ2v) is 4.26. The highest BCUT2D eigenvalue weighted by molar-refractivity contribution is 5.97. The van der Waals surface area contributed by atoms with Crippen molar-refractivity contribution in [2.24, 2.45) is 0 Å². The first-order chi connectivity index (χ1) is 9.43. The van der Waals surface area contributed by atoms with E-state index in [1.165, 1.54) is 12.1 Å². The molecule has 0 saturated heterocycles. The van der Waals surface area contributed by atoms with Gasteiger partial charge in [-0.15, -0.1) is 0 Å². The molecule has 1 unspecified atom stereocenters. The van der Waals surface area contributed by atoms with Gasteiger partial charge in [-0.1, -0.05) is 24.3 Å². The summed E-state index contributed by atoms with van der Waals surface area (Å²) >= 11 is 0. The Balaban J connectivity index is 2.31. The van der Waals surface area contributed by atoms with Crippen LogP contribution < -0.4 is 5.32 Å². The van der Waals surface area contributed by atoms with E-state index in [2.05, 4.69) is 5.32 Å². The van der Waals surface area contributed by atoms with Gasteiger partial charge in [-0.3, -0.25) is 0 Å². The molecule has 0 bridgehead atoms. The van der Waals surface area contributed by atoms with Crippen LogP contribution in [0.4, 0.5) is 18.9 Å². The van der Waals surface area contributed by atoms with E-state index in [1.54, 1.807) is 24.3 Å². The maximum atomic E-state index is 12.3. The number of benzene rings is 2. The van der Waals surface area contributed by atoms with Crippen molar-refractivity contribution in [2.45, 2.75) is 12.3 Å². The van der Waals surface area contributed by atoms with Crippen molar-refractivity contribution < 1.29 is 18.3 Å². The molecule has 2 aromatic carbocycles. The maximum Gasteiger partial charge on any atom is 0.416 e. The first-order valence-corrected chi connectivity index (χ1v) is 5.84. The number of alkyl halides is 3. The summed E-state index contributed by atoms with van der Waals surface area (Å²) in [4.78, 5) is 0. The zero-order valence-corrected chi connectivity index (χ0v) is 10.3. The number of halogens is 3. The molecule has 0 aliphatic rings. The van der Waals surface area contributed by atoms with Crippen LogP contribution in [0.5, 0.6) is 0 Å². The van der Waals surface area contributed by atoms with E-state index in [9.17, 15) is 13.2 Å². The van der Waals surface area contributed by atoms with Gasteiger partial charge in [0.05, 0.1) is 11.6 Å². The quantitative estimate of drug-likeness (QED) is 0.908. The minimum atomic E-state index is -4.66. The molecule has 20 heavy (non-hydrogen) atoms. The summed E-state index contributed by atoms with van der Waals surface area (Å²) in [5.74, 6) is 0. The van der Waals surface area contributed by atoms with E-state index in [1.807, 2.05) is 6.07 Å². The second-order valence-electron chi connectivity index (χ2n) is 4.26. The third kappa shape index (κ3) is 2.83. The van der Waals surface area contributed by atoms with Crippen molar-refractivity contribution in [2.75, 3.05) is 11.9 Å². The SMILES string of the molecule is N#Cc1ccc(NCC(O)C(F)(F)F)c2ccccc12. The van der Waals surface area contributed by atoms with E-state index in [4.69, 9.17) is 10.4 Å². The zero-order valence-electron chi connectivity index (χ0n) is 10.3. The van der Waals surface area contributed by atoms with Crippen molar-refractivity contribution in [1.82, 2.24) is 0 Å². The lowest BCUT2D eigenvalue weighted by molar-refractivity contribution is -0.198. The number of nitriles is 1. The second kappa shape index (κ2) is 5.39. The fourth-order valence-electron chi connectivity index (χ4n) is 1.87. The van der Waals surface area contributed by atoms with Crippen LogP contribution in [-0.2, 0) is 0 Å². The van der Waals surface area contributed by atoms with Crippen LogP contribution in [-0.4, -0.2) is 23.9 Å². The summed E-state index contributed by atoms with van der Waals surface area (Å²) in [5, 5.41) is 21.8. The molecule has 0 radical (unpaired) electrons. The van der Waals surface area contributed by atoms with Crippen molar-refractivity contribution in [3.8, 4) is 6.07 Å². The Morgan fingerprint density at radius 1 is 1.15 bits per heavy atom. The highest BCUT2D eigenvalue weighted by Gasteiger charge is 2.37. The van der Waals surface area contributed by atoms with Gasteiger partial charge in [-0.2, -0.15) is 18.4 Å². The topological polar surface area (TPSA) is 56.0 Å². The highest BCUT2D eigenvalue weighted by Crippen LogP contribution is 2.27. The monoisotopic (exact) mass is 280 g/mol. The summed E-state index contributed by atoms with van der Waals surface area (Å²) in [6.07, 6.45) is -7.09. The van der Waals surface area contributed by atoms with E-state index in [-0.39, 0.29) is 0 Å². The predicted molar refractivity (Wildman–Crippen MR) is 69.2 cm³/mol. The first-order valence-electron chi connectivity index (χ1n) is 5.84. The number of nitrogens with one attached hydrogen (secondary N) is 1. The van der Waals surface area contributed by atoms with Crippen LogP contribution in [0.3, 0.4) is 0 Å². The molecule has 0 heterocycles. The minimum Gasteiger partial charge on any atom is -0.382 e. The van der Waals surface area contributed by atoms with Crippen molar-refractivity contribution in [3.05, 3.63) is 42.0 Å². The number of fused-ring (bicyclic) bond motifs is 1. The van der Waals surface area contributed by atoms with E-state index >= 15 is 0 Å². The largest absolute Gasteiger partial charge is 0.416 e. The van der Waals surface area contributed by atoms with E-state index in [0.717, 1.165) is 0 Å². The normalized spacial score (nSPS) is 12.9. The fraction of sp³-hybridized carbons (Fsp3) is 0.214. The van der Waals surface area contributed by atoms with Crippen LogP contribution in [0.2, 0.25) is 0 Å². The van der Waals surface area contributed by atoms with Gasteiger partial charge in [0.1, 0.15) is 0 Å². The molecule has 1 atom stereocenters. The summed E-state index contributed by atoms with van der Waals surface area (Å²) in [7, 11) is 0.